The smallest absolute Gasteiger partial charge is 0.227 e. The van der Waals surface area contributed by atoms with Gasteiger partial charge in [0.1, 0.15) is 4.90 Å². The number of benzene rings is 2. The average Bonchev–Trinajstić information content (AvgIpc) is 3.91. The average molecular weight is 847 g/mol. The molecular weight excluding hydrogens is 805 g/mol. The van der Waals surface area contributed by atoms with Crippen molar-refractivity contribution in [3.05, 3.63) is 75.1 Å². The number of hydrogen-bond acceptors (Lipinski definition) is 13. The predicted molar refractivity (Wildman–Crippen MR) is 220 cm³/mol. The van der Waals surface area contributed by atoms with E-state index in [9.17, 15) is 18.6 Å². The summed E-state index contributed by atoms with van der Waals surface area (Å²) in [5.41, 5.74) is 3.98. The molecule has 0 radical (unpaired) electrons. The van der Waals surface area contributed by atoms with Crippen molar-refractivity contribution in [2.75, 3.05) is 102 Å². The van der Waals surface area contributed by atoms with E-state index in [0.717, 1.165) is 79.5 Å². The molecule has 2 N–H and O–H groups in total. The van der Waals surface area contributed by atoms with Crippen molar-refractivity contribution in [3.8, 4) is 0 Å². The molecule has 292 valence electrons. The molecule has 0 saturated carbocycles. The van der Waals surface area contributed by atoms with Gasteiger partial charge in [0.25, 0.3) is 0 Å². The van der Waals surface area contributed by atoms with Crippen molar-refractivity contribution in [2.24, 2.45) is 0 Å². The molecule has 2 aromatic heterocycles. The Labute approximate surface area is 340 Å². The van der Waals surface area contributed by atoms with Crippen LogP contribution in [-0.4, -0.2) is 128 Å². The van der Waals surface area contributed by atoms with Gasteiger partial charge >= 0.3 is 0 Å². The summed E-state index contributed by atoms with van der Waals surface area (Å²) < 4.78 is 24.6. The second-order valence-corrected chi connectivity index (χ2v) is 18.3. The maximum absolute atomic E-state index is 12.7. The first kappa shape index (κ1) is 38.6. The van der Waals surface area contributed by atoms with Crippen LogP contribution in [0, 0.1) is 0 Å². The van der Waals surface area contributed by atoms with Gasteiger partial charge in [-0.3, -0.25) is 8.42 Å². The zero-order valence-electron chi connectivity index (χ0n) is 30.1. The van der Waals surface area contributed by atoms with Crippen LogP contribution < -0.4 is 24.5 Å². The van der Waals surface area contributed by atoms with E-state index in [2.05, 4.69) is 29.6 Å². The molecule has 18 heteroatoms. The SMILES string of the molecule is O=S1CCc2nc(N3CCN(c4ccc(Cl)cc4)CC3)nc(Cl)c21.O=S1CCc2nc(N3CCN(c4ccc(Cl)cc4)CC3)nc(N3C[C@H](O)C[C@H]3CO)c21. The number of nitrogens with zero attached hydrogens (tertiary/aromatic N) is 9. The molecule has 9 rings (SSSR count). The van der Waals surface area contributed by atoms with Gasteiger partial charge in [-0.25, -0.2) is 9.97 Å². The standard InChI is InChI=1S/C21H26ClN5O3S.C16H16Cl2N4OS/c22-14-1-3-15(4-2-14)25-6-8-26(9-7-25)21-23-18-5-10-31(30)19(18)20(24-21)27-12-17(29)11-16(27)13-28;17-11-1-3-12(4-2-11)21-6-8-22(9-7-21)16-19-13-5-10-24(23)14(13)15(18)20-16/h1-4,16-17,28-29H,5-13H2;1-4H,5-10H2/t16-,17+,31?;/m0./s1. The first-order valence-corrected chi connectivity index (χ1v) is 22.2. The Morgan fingerprint density at radius 2 is 1.09 bits per heavy atom. The number of fused-ring (bicyclic) bond motifs is 2. The number of aliphatic hydroxyl groups excluding tert-OH is 2. The zero-order chi connectivity index (χ0) is 38.2. The minimum atomic E-state index is -1.15. The van der Waals surface area contributed by atoms with E-state index in [1.165, 1.54) is 5.69 Å². The molecule has 0 amide bonds. The minimum absolute atomic E-state index is 0.0719. The highest BCUT2D eigenvalue weighted by molar-refractivity contribution is 7.85. The van der Waals surface area contributed by atoms with Crippen LogP contribution in [0.5, 0.6) is 0 Å². The van der Waals surface area contributed by atoms with Crippen molar-refractivity contribution in [2.45, 2.75) is 41.2 Å². The molecular formula is C37H42Cl3N9O4S2. The Bertz CT molecular complexity index is 2070. The van der Waals surface area contributed by atoms with Crippen molar-refractivity contribution in [1.29, 1.82) is 0 Å². The van der Waals surface area contributed by atoms with Crippen LogP contribution in [0.4, 0.5) is 29.1 Å². The molecule has 3 fully saturated rings. The molecule has 5 aliphatic heterocycles. The number of halogens is 3. The van der Waals surface area contributed by atoms with Crippen LogP contribution in [0.2, 0.25) is 15.2 Å². The molecule has 7 heterocycles. The summed E-state index contributed by atoms with van der Waals surface area (Å²) in [4.78, 5) is 30.7. The van der Waals surface area contributed by atoms with Crippen molar-refractivity contribution in [3.63, 3.8) is 0 Å². The second kappa shape index (κ2) is 16.7. The first-order valence-electron chi connectivity index (χ1n) is 18.5. The first-order chi connectivity index (χ1) is 26.6. The van der Waals surface area contributed by atoms with Gasteiger partial charge < -0.3 is 34.7 Å². The fourth-order valence-electron chi connectivity index (χ4n) is 7.74. The number of aromatic nitrogens is 4. The van der Waals surface area contributed by atoms with Crippen LogP contribution in [0.1, 0.15) is 17.8 Å². The van der Waals surface area contributed by atoms with Gasteiger partial charge in [0, 0.05) is 105 Å². The van der Waals surface area contributed by atoms with Gasteiger partial charge in [-0.2, -0.15) is 9.97 Å². The summed E-state index contributed by atoms with van der Waals surface area (Å²) in [5, 5.41) is 21.8. The lowest BCUT2D eigenvalue weighted by molar-refractivity contribution is 0.184. The molecule has 0 spiro atoms. The summed E-state index contributed by atoms with van der Waals surface area (Å²) in [6, 6.07) is 15.5. The lowest BCUT2D eigenvalue weighted by Gasteiger charge is -2.36. The van der Waals surface area contributed by atoms with E-state index in [-0.39, 0.29) is 12.6 Å². The molecule has 55 heavy (non-hydrogen) atoms. The van der Waals surface area contributed by atoms with Crippen LogP contribution in [0.3, 0.4) is 0 Å². The predicted octanol–water partition coefficient (Wildman–Crippen LogP) is 3.83. The summed E-state index contributed by atoms with van der Waals surface area (Å²) in [6.07, 6.45) is 1.33. The highest BCUT2D eigenvalue weighted by atomic mass is 35.5. The molecule has 4 aromatic rings. The van der Waals surface area contributed by atoms with Gasteiger partial charge in [-0.15, -0.1) is 0 Å². The number of piperazine rings is 2. The van der Waals surface area contributed by atoms with Gasteiger partial charge in [0.15, 0.2) is 11.0 Å². The topological polar surface area (TPSA) is 142 Å². The van der Waals surface area contributed by atoms with E-state index in [1.54, 1.807) is 0 Å². The highest BCUT2D eigenvalue weighted by Gasteiger charge is 2.37. The van der Waals surface area contributed by atoms with Crippen molar-refractivity contribution >= 4 is 85.5 Å². The van der Waals surface area contributed by atoms with E-state index in [0.29, 0.717) is 70.0 Å². The third kappa shape index (κ3) is 8.25. The molecule has 13 nitrogen and oxygen atoms in total. The van der Waals surface area contributed by atoms with E-state index in [4.69, 9.17) is 44.8 Å². The maximum Gasteiger partial charge on any atom is 0.227 e. The largest absolute Gasteiger partial charge is 0.394 e. The molecule has 2 unspecified atom stereocenters. The normalized spacial score (nSPS) is 23.5. The molecule has 0 aliphatic carbocycles. The fraction of sp³-hybridized carbons (Fsp3) is 0.459. The Kier molecular flexibility index (Phi) is 11.7. The summed E-state index contributed by atoms with van der Waals surface area (Å²) in [6.45, 7) is 6.94. The summed E-state index contributed by atoms with van der Waals surface area (Å²) in [7, 11) is -2.20. The monoisotopic (exact) mass is 845 g/mol. The third-order valence-electron chi connectivity index (χ3n) is 10.7. The van der Waals surface area contributed by atoms with Gasteiger partial charge in [0.2, 0.25) is 11.9 Å². The van der Waals surface area contributed by atoms with Crippen molar-refractivity contribution < 1.29 is 18.6 Å². The summed E-state index contributed by atoms with van der Waals surface area (Å²) in [5.74, 6) is 3.05. The lowest BCUT2D eigenvalue weighted by atomic mass is 10.2. The third-order valence-corrected chi connectivity index (χ3v) is 14.5. The van der Waals surface area contributed by atoms with Crippen molar-refractivity contribution in [1.82, 2.24) is 19.9 Å². The number of β-amino-alcohol motifs (C(OH)–C–C–N with tert-alkyl or cyclic N) is 1. The van der Waals surface area contributed by atoms with E-state index in [1.807, 2.05) is 53.4 Å². The second-order valence-electron chi connectivity index (χ2n) is 14.1. The van der Waals surface area contributed by atoms with Crippen LogP contribution in [0.25, 0.3) is 0 Å². The Balaban J connectivity index is 0.000000160. The van der Waals surface area contributed by atoms with Crippen LogP contribution >= 0.6 is 34.8 Å². The quantitative estimate of drug-likeness (QED) is 0.272. The van der Waals surface area contributed by atoms with Crippen LogP contribution in [0.15, 0.2) is 58.3 Å². The van der Waals surface area contributed by atoms with Gasteiger partial charge in [-0.05, 0) is 55.0 Å². The summed E-state index contributed by atoms with van der Waals surface area (Å²) >= 11 is 18.2. The van der Waals surface area contributed by atoms with E-state index < -0.39 is 27.7 Å². The van der Waals surface area contributed by atoms with Gasteiger partial charge in [-0.1, -0.05) is 34.8 Å². The Hall–Kier alpha value is -3.31. The number of hydrogen-bond donors (Lipinski definition) is 2. The lowest BCUT2D eigenvalue weighted by Crippen LogP contribution is -2.47. The number of aliphatic hydroxyl groups is 2. The molecule has 0 bridgehead atoms. The van der Waals surface area contributed by atoms with Gasteiger partial charge in [0.05, 0.1) is 56.6 Å². The highest BCUT2D eigenvalue weighted by Crippen LogP contribution is 2.36. The molecule has 4 atom stereocenters. The maximum atomic E-state index is 12.7. The fourth-order valence-corrected chi connectivity index (χ4v) is 11.0. The van der Waals surface area contributed by atoms with E-state index >= 15 is 0 Å². The number of rotatable bonds is 6. The molecule has 2 aromatic carbocycles. The number of aryl methyl sites for hydroxylation is 2. The zero-order valence-corrected chi connectivity index (χ0v) is 34.0. The molecule has 5 aliphatic rings. The Morgan fingerprint density at radius 1 is 0.636 bits per heavy atom. The number of anilines is 5. The minimum Gasteiger partial charge on any atom is -0.394 e. The Morgan fingerprint density at radius 3 is 1.60 bits per heavy atom. The van der Waals surface area contributed by atoms with Crippen LogP contribution in [-0.2, 0) is 34.4 Å². The molecule has 3 saturated heterocycles.